The highest BCUT2D eigenvalue weighted by atomic mass is 16.2. The van der Waals surface area contributed by atoms with Crippen molar-refractivity contribution in [2.45, 2.75) is 25.3 Å². The van der Waals surface area contributed by atoms with Gasteiger partial charge in [-0.1, -0.05) is 30.3 Å². The van der Waals surface area contributed by atoms with Crippen molar-refractivity contribution in [1.29, 1.82) is 0 Å². The van der Waals surface area contributed by atoms with Crippen LogP contribution in [-0.2, 0) is 13.5 Å². The molecule has 2 N–H and O–H groups in total. The van der Waals surface area contributed by atoms with Crippen molar-refractivity contribution in [3.63, 3.8) is 0 Å². The van der Waals surface area contributed by atoms with E-state index in [-0.39, 0.29) is 12.1 Å². The van der Waals surface area contributed by atoms with Crippen molar-refractivity contribution in [1.82, 2.24) is 20.0 Å². The van der Waals surface area contributed by atoms with Crippen LogP contribution in [0.5, 0.6) is 0 Å². The molecule has 1 fully saturated rings. The van der Waals surface area contributed by atoms with E-state index in [0.717, 1.165) is 38.9 Å². The summed E-state index contributed by atoms with van der Waals surface area (Å²) in [5.74, 6) is 0.579. The summed E-state index contributed by atoms with van der Waals surface area (Å²) in [5.41, 5.74) is 1.38. The average molecular weight is 327 g/mol. The van der Waals surface area contributed by atoms with E-state index in [0.29, 0.717) is 5.82 Å². The van der Waals surface area contributed by atoms with Crippen LogP contribution in [0.15, 0.2) is 42.6 Å². The maximum absolute atomic E-state index is 12.0. The van der Waals surface area contributed by atoms with Crippen molar-refractivity contribution in [3.8, 4) is 0 Å². The van der Waals surface area contributed by atoms with Crippen molar-refractivity contribution in [2.24, 2.45) is 7.05 Å². The Hall–Kier alpha value is -2.34. The fraction of sp³-hybridized carbons (Fsp3) is 0.444. The van der Waals surface area contributed by atoms with Gasteiger partial charge in [0.05, 0.1) is 0 Å². The standard InChI is InChI=1S/C18H25N5O/c1-22-11-10-17(21-22)20-18(24)19-16-8-13-23(14-9-16)12-7-15-5-3-2-4-6-15/h2-6,10-11,16H,7-9,12-14H2,1H3,(H2,19,20,21,24). The number of benzene rings is 1. The van der Waals surface area contributed by atoms with Crippen molar-refractivity contribution in [3.05, 3.63) is 48.2 Å². The van der Waals surface area contributed by atoms with Crippen LogP contribution in [0.2, 0.25) is 0 Å². The normalized spacial score (nSPS) is 16.0. The van der Waals surface area contributed by atoms with Gasteiger partial charge in [-0.2, -0.15) is 5.10 Å². The van der Waals surface area contributed by atoms with Gasteiger partial charge >= 0.3 is 6.03 Å². The zero-order valence-electron chi connectivity index (χ0n) is 14.1. The predicted molar refractivity (Wildman–Crippen MR) is 95.0 cm³/mol. The number of carbonyl (C=O) groups is 1. The summed E-state index contributed by atoms with van der Waals surface area (Å²) in [6.45, 7) is 3.14. The first-order valence-corrected chi connectivity index (χ1v) is 8.52. The lowest BCUT2D eigenvalue weighted by molar-refractivity contribution is 0.197. The topological polar surface area (TPSA) is 62.2 Å². The molecule has 24 heavy (non-hydrogen) atoms. The first kappa shape index (κ1) is 16.5. The number of aryl methyl sites for hydroxylation is 1. The first-order chi connectivity index (χ1) is 11.7. The number of anilines is 1. The average Bonchev–Trinajstić information content (AvgIpc) is 3.00. The van der Waals surface area contributed by atoms with Crippen LogP contribution in [-0.4, -0.2) is 46.4 Å². The SMILES string of the molecule is Cn1ccc(NC(=O)NC2CCN(CCc3ccccc3)CC2)n1. The minimum Gasteiger partial charge on any atom is -0.335 e. The zero-order chi connectivity index (χ0) is 16.8. The summed E-state index contributed by atoms with van der Waals surface area (Å²) < 4.78 is 1.67. The molecule has 0 saturated carbocycles. The molecule has 1 aliphatic rings. The predicted octanol–water partition coefficient (Wildman–Crippen LogP) is 2.25. The van der Waals surface area contributed by atoms with Crippen LogP contribution in [0.25, 0.3) is 0 Å². The molecule has 2 heterocycles. The van der Waals surface area contributed by atoms with Crippen LogP contribution >= 0.6 is 0 Å². The lowest BCUT2D eigenvalue weighted by Gasteiger charge is -2.32. The number of hydrogen-bond acceptors (Lipinski definition) is 3. The van der Waals surface area contributed by atoms with E-state index in [9.17, 15) is 4.79 Å². The molecule has 3 rings (SSSR count). The van der Waals surface area contributed by atoms with Gasteiger partial charge in [0.15, 0.2) is 5.82 Å². The van der Waals surface area contributed by atoms with Gasteiger partial charge in [-0.25, -0.2) is 4.79 Å². The van der Waals surface area contributed by atoms with E-state index in [1.807, 2.05) is 7.05 Å². The monoisotopic (exact) mass is 327 g/mol. The van der Waals surface area contributed by atoms with Crippen molar-refractivity contribution < 1.29 is 4.79 Å². The third-order valence-corrected chi connectivity index (χ3v) is 4.44. The van der Waals surface area contributed by atoms with Crippen molar-refractivity contribution in [2.75, 3.05) is 25.0 Å². The highest BCUT2D eigenvalue weighted by Gasteiger charge is 2.20. The van der Waals surface area contributed by atoms with Crippen molar-refractivity contribution >= 4 is 11.8 Å². The Morgan fingerprint density at radius 1 is 1.21 bits per heavy atom. The first-order valence-electron chi connectivity index (χ1n) is 8.52. The Kier molecular flexibility index (Phi) is 5.48. The molecule has 6 nitrogen and oxygen atoms in total. The molecule has 1 aromatic carbocycles. The van der Waals surface area contributed by atoms with Crippen LogP contribution in [0, 0.1) is 0 Å². The van der Waals surface area contributed by atoms with E-state index < -0.39 is 0 Å². The van der Waals surface area contributed by atoms with Crippen LogP contribution in [0.1, 0.15) is 18.4 Å². The highest BCUT2D eigenvalue weighted by molar-refractivity contribution is 5.88. The Balaban J connectivity index is 1.36. The molecule has 0 atom stereocenters. The third-order valence-electron chi connectivity index (χ3n) is 4.44. The Bertz CT molecular complexity index is 646. The summed E-state index contributed by atoms with van der Waals surface area (Å²) in [6, 6.07) is 12.4. The maximum atomic E-state index is 12.0. The number of piperidine rings is 1. The summed E-state index contributed by atoms with van der Waals surface area (Å²) in [4.78, 5) is 14.5. The second-order valence-corrected chi connectivity index (χ2v) is 6.32. The van der Waals surface area contributed by atoms with Gasteiger partial charge in [-0.3, -0.25) is 10.00 Å². The van der Waals surface area contributed by atoms with E-state index >= 15 is 0 Å². The lowest BCUT2D eigenvalue weighted by Crippen LogP contribution is -2.46. The third kappa shape index (κ3) is 4.83. The second-order valence-electron chi connectivity index (χ2n) is 6.32. The fourth-order valence-electron chi connectivity index (χ4n) is 3.05. The molecule has 2 amide bonds. The molecule has 0 spiro atoms. The number of likely N-dealkylation sites (tertiary alicyclic amines) is 1. The van der Waals surface area contributed by atoms with Crippen LogP contribution in [0.3, 0.4) is 0 Å². The van der Waals surface area contributed by atoms with E-state index in [4.69, 9.17) is 0 Å². The van der Waals surface area contributed by atoms with E-state index in [2.05, 4.69) is 51.0 Å². The molecular weight excluding hydrogens is 302 g/mol. The summed E-state index contributed by atoms with van der Waals surface area (Å²) in [7, 11) is 1.83. The van der Waals surface area contributed by atoms with Gasteiger partial charge in [-0.15, -0.1) is 0 Å². The van der Waals surface area contributed by atoms with E-state index in [1.54, 1.807) is 16.9 Å². The molecular formula is C18H25N5O. The molecule has 0 bridgehead atoms. The number of carbonyl (C=O) groups excluding carboxylic acids is 1. The minimum absolute atomic E-state index is 0.170. The van der Waals surface area contributed by atoms with Crippen LogP contribution in [0.4, 0.5) is 10.6 Å². The van der Waals surface area contributed by atoms with Gasteiger partial charge in [0, 0.05) is 45.0 Å². The van der Waals surface area contributed by atoms with Gasteiger partial charge in [-0.05, 0) is 24.8 Å². The smallest absolute Gasteiger partial charge is 0.320 e. The molecule has 1 saturated heterocycles. The summed E-state index contributed by atoms with van der Waals surface area (Å²) >= 11 is 0. The van der Waals surface area contributed by atoms with Gasteiger partial charge < -0.3 is 10.2 Å². The number of nitrogens with zero attached hydrogens (tertiary/aromatic N) is 3. The number of hydrogen-bond donors (Lipinski definition) is 2. The lowest BCUT2D eigenvalue weighted by atomic mass is 10.0. The summed E-state index contributed by atoms with van der Waals surface area (Å²) in [5, 5.41) is 9.96. The Labute approximate surface area is 142 Å². The molecule has 2 aromatic rings. The molecule has 0 unspecified atom stereocenters. The van der Waals surface area contributed by atoms with Crippen LogP contribution < -0.4 is 10.6 Å². The molecule has 1 aliphatic heterocycles. The molecule has 6 heteroatoms. The van der Waals surface area contributed by atoms with Gasteiger partial charge in [0.1, 0.15) is 0 Å². The number of amides is 2. The molecule has 0 aliphatic carbocycles. The highest BCUT2D eigenvalue weighted by Crippen LogP contribution is 2.12. The Morgan fingerprint density at radius 3 is 2.62 bits per heavy atom. The maximum Gasteiger partial charge on any atom is 0.320 e. The largest absolute Gasteiger partial charge is 0.335 e. The number of nitrogens with one attached hydrogen (secondary N) is 2. The molecule has 0 radical (unpaired) electrons. The van der Waals surface area contributed by atoms with E-state index in [1.165, 1.54) is 5.56 Å². The minimum atomic E-state index is -0.170. The fourth-order valence-corrected chi connectivity index (χ4v) is 3.05. The van der Waals surface area contributed by atoms with Gasteiger partial charge in [0.25, 0.3) is 0 Å². The Morgan fingerprint density at radius 2 is 1.96 bits per heavy atom. The zero-order valence-corrected chi connectivity index (χ0v) is 14.1. The number of rotatable bonds is 5. The molecule has 128 valence electrons. The number of urea groups is 1. The number of aromatic nitrogens is 2. The summed E-state index contributed by atoms with van der Waals surface area (Å²) in [6.07, 6.45) is 4.87. The van der Waals surface area contributed by atoms with Gasteiger partial charge in [0.2, 0.25) is 0 Å². The molecule has 1 aromatic heterocycles. The second kappa shape index (κ2) is 7.97. The quantitative estimate of drug-likeness (QED) is 0.885.